The van der Waals surface area contributed by atoms with Crippen LogP contribution in [-0.2, 0) is 11.2 Å². The number of amides is 1. The summed E-state index contributed by atoms with van der Waals surface area (Å²) in [6.45, 7) is 1.70. The van der Waals surface area contributed by atoms with Crippen LogP contribution in [0.1, 0.15) is 36.1 Å². The number of thiophene rings is 1. The van der Waals surface area contributed by atoms with Crippen LogP contribution in [0, 0.1) is 11.3 Å². The average Bonchev–Trinajstić information content (AvgIpc) is 2.76. The van der Waals surface area contributed by atoms with Gasteiger partial charge >= 0.3 is 0 Å². The molecule has 0 saturated carbocycles. The Hall–Kier alpha value is -1.34. The van der Waals surface area contributed by atoms with Crippen LogP contribution >= 0.6 is 11.3 Å². The lowest BCUT2D eigenvalue weighted by molar-refractivity contribution is -0.123. The normalized spacial score (nSPS) is 20.6. The van der Waals surface area contributed by atoms with Gasteiger partial charge in [-0.25, -0.2) is 0 Å². The number of nitrogens with zero attached hydrogens (tertiary/aromatic N) is 1. The second-order valence-electron chi connectivity index (χ2n) is 4.10. The predicted molar refractivity (Wildman–Crippen MR) is 63.2 cm³/mol. The zero-order chi connectivity index (χ0) is 11.5. The van der Waals surface area contributed by atoms with Crippen LogP contribution in [0.15, 0.2) is 11.4 Å². The maximum absolute atomic E-state index is 12.0. The average molecular weight is 234 g/mol. The third-order valence-electron chi connectivity index (χ3n) is 2.92. The molecule has 1 aromatic rings. The molecule has 0 radical (unpaired) electrons. The molecule has 4 heteroatoms. The van der Waals surface area contributed by atoms with Gasteiger partial charge in [0.15, 0.2) is 0 Å². The molecule has 0 fully saturated rings. The lowest BCUT2D eigenvalue weighted by Crippen LogP contribution is -2.36. The van der Waals surface area contributed by atoms with Crippen molar-refractivity contribution < 1.29 is 4.79 Å². The summed E-state index contributed by atoms with van der Waals surface area (Å²) in [5.41, 5.74) is 1.17. The minimum Gasteiger partial charge on any atom is -0.340 e. The van der Waals surface area contributed by atoms with E-state index in [0.29, 0.717) is 0 Å². The van der Waals surface area contributed by atoms with E-state index in [0.717, 1.165) is 19.3 Å². The van der Waals surface area contributed by atoms with E-state index in [1.54, 1.807) is 18.3 Å². The third kappa shape index (κ3) is 2.10. The van der Waals surface area contributed by atoms with Gasteiger partial charge in [0.05, 0.1) is 12.0 Å². The van der Waals surface area contributed by atoms with Gasteiger partial charge in [0.2, 0.25) is 5.91 Å². The molecule has 2 atom stereocenters. The lowest BCUT2D eigenvalue weighted by Gasteiger charge is -2.22. The van der Waals surface area contributed by atoms with E-state index < -0.39 is 6.04 Å². The Morgan fingerprint density at radius 2 is 2.56 bits per heavy atom. The monoisotopic (exact) mass is 234 g/mol. The fourth-order valence-electron chi connectivity index (χ4n) is 2.11. The highest BCUT2D eigenvalue weighted by Crippen LogP contribution is 2.34. The molecule has 0 aromatic carbocycles. The first kappa shape index (κ1) is 11.2. The summed E-state index contributed by atoms with van der Waals surface area (Å²) in [4.78, 5) is 13.3. The maximum atomic E-state index is 12.0. The number of aryl methyl sites for hydroxylation is 1. The van der Waals surface area contributed by atoms with E-state index >= 15 is 0 Å². The van der Waals surface area contributed by atoms with Crippen molar-refractivity contribution in [2.45, 2.75) is 38.1 Å². The van der Waals surface area contributed by atoms with Gasteiger partial charge < -0.3 is 5.32 Å². The summed E-state index contributed by atoms with van der Waals surface area (Å²) < 4.78 is 0. The van der Waals surface area contributed by atoms with Gasteiger partial charge in [-0.2, -0.15) is 5.26 Å². The van der Waals surface area contributed by atoms with E-state index in [1.807, 2.05) is 17.5 Å². The summed E-state index contributed by atoms with van der Waals surface area (Å²) in [7, 11) is 0. The molecule has 84 valence electrons. The largest absolute Gasteiger partial charge is 0.340 e. The minimum absolute atomic E-state index is 0.00611. The van der Waals surface area contributed by atoms with Crippen LogP contribution < -0.4 is 5.32 Å². The van der Waals surface area contributed by atoms with Crippen molar-refractivity contribution in [1.82, 2.24) is 5.32 Å². The molecule has 1 aromatic heterocycles. The van der Waals surface area contributed by atoms with E-state index in [2.05, 4.69) is 5.32 Å². The van der Waals surface area contributed by atoms with Crippen molar-refractivity contribution in [3.8, 4) is 6.07 Å². The van der Waals surface area contributed by atoms with Crippen LogP contribution in [-0.4, -0.2) is 11.9 Å². The van der Waals surface area contributed by atoms with Crippen LogP contribution in [0.3, 0.4) is 0 Å². The molecule has 2 unspecified atom stereocenters. The molecule has 0 bridgehead atoms. The summed E-state index contributed by atoms with van der Waals surface area (Å²) in [6.07, 6.45) is 3.05. The highest BCUT2D eigenvalue weighted by atomic mass is 32.1. The first-order valence-corrected chi connectivity index (χ1v) is 6.36. The van der Waals surface area contributed by atoms with E-state index in [-0.39, 0.29) is 11.8 Å². The van der Waals surface area contributed by atoms with E-state index in [9.17, 15) is 4.79 Å². The number of hydrogen-bond acceptors (Lipinski definition) is 3. The van der Waals surface area contributed by atoms with Gasteiger partial charge in [0.1, 0.15) is 6.04 Å². The quantitative estimate of drug-likeness (QED) is 0.852. The highest BCUT2D eigenvalue weighted by Gasteiger charge is 2.27. The number of nitriles is 1. The predicted octanol–water partition coefficient (Wildman–Crippen LogP) is 2.20. The van der Waals surface area contributed by atoms with Gasteiger partial charge in [0, 0.05) is 4.88 Å². The SMILES string of the molecule is CC(C#N)NC(=O)C1CCCc2sccc21. The van der Waals surface area contributed by atoms with Crippen LogP contribution in [0.5, 0.6) is 0 Å². The van der Waals surface area contributed by atoms with Crippen molar-refractivity contribution in [3.05, 3.63) is 21.9 Å². The van der Waals surface area contributed by atoms with Crippen LogP contribution in [0.4, 0.5) is 0 Å². The minimum atomic E-state index is -0.406. The summed E-state index contributed by atoms with van der Waals surface area (Å²) in [6, 6.07) is 3.66. The molecule has 0 aliphatic heterocycles. The van der Waals surface area contributed by atoms with Crippen LogP contribution in [0.2, 0.25) is 0 Å². The molecule has 1 N–H and O–H groups in total. The van der Waals surface area contributed by atoms with Crippen molar-refractivity contribution in [3.63, 3.8) is 0 Å². The third-order valence-corrected chi connectivity index (χ3v) is 3.92. The molecule has 1 amide bonds. The number of carbonyl (C=O) groups excluding carboxylic acids is 1. The molecular formula is C12H14N2OS. The molecule has 1 aliphatic carbocycles. The van der Waals surface area contributed by atoms with Gasteiger partial charge in [-0.05, 0) is 43.2 Å². The Balaban J connectivity index is 2.13. The van der Waals surface area contributed by atoms with Gasteiger partial charge in [-0.1, -0.05) is 0 Å². The lowest BCUT2D eigenvalue weighted by atomic mass is 9.87. The fraction of sp³-hybridized carbons (Fsp3) is 0.500. The Kier molecular flexibility index (Phi) is 3.25. The molecule has 16 heavy (non-hydrogen) atoms. The zero-order valence-electron chi connectivity index (χ0n) is 9.19. The molecule has 2 rings (SSSR count). The Labute approximate surface area is 99.1 Å². The molecule has 0 spiro atoms. The zero-order valence-corrected chi connectivity index (χ0v) is 10.0. The fourth-order valence-corrected chi connectivity index (χ4v) is 3.09. The van der Waals surface area contributed by atoms with Gasteiger partial charge in [0.25, 0.3) is 0 Å². The second kappa shape index (κ2) is 4.67. The van der Waals surface area contributed by atoms with E-state index in [4.69, 9.17) is 5.26 Å². The number of nitrogens with one attached hydrogen (secondary N) is 1. The topological polar surface area (TPSA) is 52.9 Å². The van der Waals surface area contributed by atoms with Crippen molar-refractivity contribution in [2.75, 3.05) is 0 Å². The molecule has 1 heterocycles. The van der Waals surface area contributed by atoms with Crippen molar-refractivity contribution in [2.24, 2.45) is 0 Å². The standard InChI is InChI=1S/C12H14N2OS/c1-8(7-13)14-12(15)10-3-2-4-11-9(10)5-6-16-11/h5-6,8,10H,2-4H2,1H3,(H,14,15). The maximum Gasteiger partial charge on any atom is 0.228 e. The molecule has 0 saturated heterocycles. The summed E-state index contributed by atoms with van der Waals surface area (Å²) >= 11 is 1.73. The van der Waals surface area contributed by atoms with Gasteiger partial charge in [-0.15, -0.1) is 11.3 Å². The Bertz CT molecular complexity index is 432. The van der Waals surface area contributed by atoms with Crippen molar-refractivity contribution in [1.29, 1.82) is 5.26 Å². The second-order valence-corrected chi connectivity index (χ2v) is 5.10. The number of rotatable bonds is 2. The molecular weight excluding hydrogens is 220 g/mol. The van der Waals surface area contributed by atoms with Crippen LogP contribution in [0.25, 0.3) is 0 Å². The smallest absolute Gasteiger partial charge is 0.228 e. The summed E-state index contributed by atoms with van der Waals surface area (Å²) in [5, 5.41) is 13.5. The Morgan fingerprint density at radius 1 is 1.75 bits per heavy atom. The number of hydrogen-bond donors (Lipinski definition) is 1. The first-order chi connectivity index (χ1) is 7.72. The summed E-state index contributed by atoms with van der Waals surface area (Å²) in [5.74, 6) is -0.0563. The highest BCUT2D eigenvalue weighted by molar-refractivity contribution is 7.10. The number of carbonyl (C=O) groups is 1. The molecule has 3 nitrogen and oxygen atoms in total. The molecule has 1 aliphatic rings. The van der Waals surface area contributed by atoms with Crippen molar-refractivity contribution >= 4 is 17.2 Å². The van der Waals surface area contributed by atoms with E-state index in [1.165, 1.54) is 10.4 Å². The first-order valence-electron chi connectivity index (χ1n) is 5.48. The van der Waals surface area contributed by atoms with Gasteiger partial charge in [-0.3, -0.25) is 4.79 Å². The Morgan fingerprint density at radius 3 is 3.31 bits per heavy atom. The number of fused-ring (bicyclic) bond motifs is 1.